The summed E-state index contributed by atoms with van der Waals surface area (Å²) < 4.78 is 0. The van der Waals surface area contributed by atoms with Crippen molar-refractivity contribution in [1.82, 2.24) is 5.48 Å². The number of hydrogen-bond donors (Lipinski definition) is 2. The number of hydrogen-bond acceptors (Lipinski definition) is 3. The van der Waals surface area contributed by atoms with Crippen LogP contribution < -0.4 is 11.2 Å². The number of amides is 1. The van der Waals surface area contributed by atoms with Gasteiger partial charge in [0.05, 0.1) is 11.6 Å². The molecule has 1 atom stereocenters. The topological polar surface area (TPSA) is 64.4 Å². The van der Waals surface area contributed by atoms with E-state index >= 15 is 0 Å². The van der Waals surface area contributed by atoms with Gasteiger partial charge < -0.3 is 5.73 Å². The molecule has 0 aliphatic heterocycles. The second-order valence-corrected chi connectivity index (χ2v) is 4.08. The number of carbonyl (C=O) groups is 1. The molecule has 0 unspecified atom stereocenters. The number of nitrogens with one attached hydrogen (secondary N) is 1. The lowest BCUT2D eigenvalue weighted by atomic mass is 10.2. The largest absolute Gasteiger partial charge is 0.320 e. The first-order valence-electron chi connectivity index (χ1n) is 4.60. The molecule has 0 aromatic heterocycles. The summed E-state index contributed by atoms with van der Waals surface area (Å²) >= 11 is 0. The van der Waals surface area contributed by atoms with Gasteiger partial charge in [0.25, 0.3) is 5.91 Å². The normalized spacial score (nSPS) is 13.9. The zero-order valence-electron chi connectivity index (χ0n) is 8.89. The van der Waals surface area contributed by atoms with Gasteiger partial charge in [-0.05, 0) is 27.2 Å². The molecule has 0 aromatic rings. The van der Waals surface area contributed by atoms with E-state index in [1.165, 1.54) is 0 Å². The van der Waals surface area contributed by atoms with E-state index in [1.807, 2.05) is 27.7 Å². The molecule has 4 nitrogen and oxygen atoms in total. The zero-order chi connectivity index (χ0) is 10.5. The average molecular weight is 188 g/mol. The summed E-state index contributed by atoms with van der Waals surface area (Å²) in [6, 6.07) is -0.465. The average Bonchev–Trinajstić information content (AvgIpc) is 1.99. The highest BCUT2D eigenvalue weighted by molar-refractivity contribution is 5.80. The highest BCUT2D eigenvalue weighted by Crippen LogP contribution is 2.04. The Kier molecular flexibility index (Phi) is 4.95. The predicted molar refractivity (Wildman–Crippen MR) is 51.9 cm³/mol. The van der Waals surface area contributed by atoms with Gasteiger partial charge in [-0.1, -0.05) is 13.3 Å². The Labute approximate surface area is 79.8 Å². The first-order chi connectivity index (χ1) is 5.87. The number of hydroxylamine groups is 1. The van der Waals surface area contributed by atoms with E-state index in [-0.39, 0.29) is 11.5 Å². The van der Waals surface area contributed by atoms with Crippen LogP contribution in [0.2, 0.25) is 0 Å². The van der Waals surface area contributed by atoms with E-state index in [4.69, 9.17) is 10.6 Å². The number of nitrogens with two attached hydrogens (primary N) is 1. The Morgan fingerprint density at radius 3 is 2.46 bits per heavy atom. The van der Waals surface area contributed by atoms with E-state index in [2.05, 4.69) is 5.48 Å². The molecular formula is C9H20N2O2. The molecule has 0 radical (unpaired) electrons. The minimum atomic E-state index is -0.465. The molecule has 0 spiro atoms. The van der Waals surface area contributed by atoms with Gasteiger partial charge in [-0.15, -0.1) is 0 Å². The number of rotatable bonds is 4. The van der Waals surface area contributed by atoms with Crippen molar-refractivity contribution in [1.29, 1.82) is 0 Å². The highest BCUT2D eigenvalue weighted by Gasteiger charge is 2.16. The van der Waals surface area contributed by atoms with E-state index in [1.54, 1.807) is 0 Å². The molecular weight excluding hydrogens is 168 g/mol. The van der Waals surface area contributed by atoms with Gasteiger partial charge in [0, 0.05) is 0 Å². The third kappa shape index (κ3) is 6.54. The van der Waals surface area contributed by atoms with Gasteiger partial charge in [-0.2, -0.15) is 0 Å². The molecule has 0 saturated carbocycles. The third-order valence-electron chi connectivity index (χ3n) is 1.39. The Balaban J connectivity index is 3.74. The summed E-state index contributed by atoms with van der Waals surface area (Å²) in [5.41, 5.74) is 7.53. The molecule has 4 heteroatoms. The van der Waals surface area contributed by atoms with Gasteiger partial charge >= 0.3 is 0 Å². The second-order valence-electron chi connectivity index (χ2n) is 4.08. The Bertz CT molecular complexity index is 163. The molecule has 0 aromatic carbocycles. The molecule has 0 aliphatic carbocycles. The van der Waals surface area contributed by atoms with Crippen LogP contribution in [0.3, 0.4) is 0 Å². The first-order valence-corrected chi connectivity index (χ1v) is 4.60. The Morgan fingerprint density at radius 2 is 2.08 bits per heavy atom. The standard InChI is InChI=1S/C9H20N2O2/c1-5-6-7(10)8(12)11-13-9(2,3)4/h7H,5-6,10H2,1-4H3,(H,11,12)/t7-/m0/s1. The van der Waals surface area contributed by atoms with Crippen LogP contribution in [0.5, 0.6) is 0 Å². The van der Waals surface area contributed by atoms with E-state index in [0.29, 0.717) is 6.42 Å². The van der Waals surface area contributed by atoms with Crippen molar-refractivity contribution in [2.45, 2.75) is 52.2 Å². The molecule has 13 heavy (non-hydrogen) atoms. The monoisotopic (exact) mass is 188 g/mol. The van der Waals surface area contributed by atoms with Crippen LogP contribution in [-0.4, -0.2) is 17.6 Å². The van der Waals surface area contributed by atoms with Crippen molar-refractivity contribution < 1.29 is 9.63 Å². The van der Waals surface area contributed by atoms with Crippen molar-refractivity contribution in [3.63, 3.8) is 0 Å². The molecule has 0 fully saturated rings. The van der Waals surface area contributed by atoms with Gasteiger partial charge in [0.15, 0.2) is 0 Å². The maximum Gasteiger partial charge on any atom is 0.260 e. The molecule has 0 heterocycles. The van der Waals surface area contributed by atoms with Crippen LogP contribution in [0.15, 0.2) is 0 Å². The van der Waals surface area contributed by atoms with Crippen molar-refractivity contribution in [2.24, 2.45) is 5.73 Å². The summed E-state index contributed by atoms with van der Waals surface area (Å²) in [7, 11) is 0. The molecule has 0 aliphatic rings. The minimum absolute atomic E-state index is 0.253. The molecule has 0 saturated heterocycles. The van der Waals surface area contributed by atoms with E-state index < -0.39 is 6.04 Å². The summed E-state index contributed by atoms with van der Waals surface area (Å²) in [5, 5.41) is 0. The highest BCUT2D eigenvalue weighted by atomic mass is 16.7. The SMILES string of the molecule is CCC[C@H](N)C(=O)NOC(C)(C)C. The molecule has 78 valence electrons. The fourth-order valence-corrected chi connectivity index (χ4v) is 0.721. The van der Waals surface area contributed by atoms with Gasteiger partial charge in [-0.3, -0.25) is 9.63 Å². The molecule has 1 amide bonds. The van der Waals surface area contributed by atoms with Crippen LogP contribution >= 0.6 is 0 Å². The maximum absolute atomic E-state index is 11.2. The predicted octanol–water partition coefficient (Wildman–Crippen LogP) is 0.960. The van der Waals surface area contributed by atoms with E-state index in [9.17, 15) is 4.79 Å². The van der Waals surface area contributed by atoms with Crippen LogP contribution in [0.1, 0.15) is 40.5 Å². The Hall–Kier alpha value is -0.610. The van der Waals surface area contributed by atoms with Gasteiger partial charge in [-0.25, -0.2) is 5.48 Å². The van der Waals surface area contributed by atoms with E-state index in [0.717, 1.165) is 6.42 Å². The summed E-state index contributed by atoms with van der Waals surface area (Å²) in [5.74, 6) is -0.253. The summed E-state index contributed by atoms with van der Waals surface area (Å²) in [6.45, 7) is 7.56. The third-order valence-corrected chi connectivity index (χ3v) is 1.39. The fraction of sp³-hybridized carbons (Fsp3) is 0.889. The zero-order valence-corrected chi connectivity index (χ0v) is 8.89. The molecule has 0 rings (SSSR count). The second kappa shape index (κ2) is 5.19. The van der Waals surface area contributed by atoms with Crippen molar-refractivity contribution in [3.8, 4) is 0 Å². The fourth-order valence-electron chi connectivity index (χ4n) is 0.721. The van der Waals surface area contributed by atoms with Crippen LogP contribution in [-0.2, 0) is 9.63 Å². The van der Waals surface area contributed by atoms with Crippen molar-refractivity contribution in [2.75, 3.05) is 0 Å². The lowest BCUT2D eigenvalue weighted by Crippen LogP contribution is -2.43. The quantitative estimate of drug-likeness (QED) is 0.646. The van der Waals surface area contributed by atoms with Crippen LogP contribution in [0.4, 0.5) is 0 Å². The lowest BCUT2D eigenvalue weighted by Gasteiger charge is -2.20. The molecule has 3 N–H and O–H groups in total. The smallest absolute Gasteiger partial charge is 0.260 e. The lowest BCUT2D eigenvalue weighted by molar-refractivity contribution is -0.147. The molecule has 0 bridgehead atoms. The van der Waals surface area contributed by atoms with Crippen LogP contribution in [0, 0.1) is 0 Å². The van der Waals surface area contributed by atoms with Gasteiger partial charge in [0.2, 0.25) is 0 Å². The first kappa shape index (κ1) is 12.4. The number of carbonyl (C=O) groups excluding carboxylic acids is 1. The Morgan fingerprint density at radius 1 is 1.54 bits per heavy atom. The maximum atomic E-state index is 11.2. The van der Waals surface area contributed by atoms with Crippen molar-refractivity contribution in [3.05, 3.63) is 0 Å². The van der Waals surface area contributed by atoms with Crippen LogP contribution in [0.25, 0.3) is 0 Å². The van der Waals surface area contributed by atoms with Gasteiger partial charge in [0.1, 0.15) is 0 Å². The summed E-state index contributed by atoms with van der Waals surface area (Å²) in [6.07, 6.45) is 1.57. The van der Waals surface area contributed by atoms with Crippen molar-refractivity contribution >= 4 is 5.91 Å². The minimum Gasteiger partial charge on any atom is -0.320 e. The summed E-state index contributed by atoms with van der Waals surface area (Å²) in [4.78, 5) is 16.3.